The smallest absolute Gasteiger partial charge is 0.0584 e. The molecule has 0 spiro atoms. The SMILES string of the molecule is CC.CN.OC[C@@H]1CCCN1. The minimum atomic E-state index is 0.306. The molecule has 0 aromatic heterocycles. The van der Waals surface area contributed by atoms with Gasteiger partial charge in [-0.2, -0.15) is 0 Å². The Bertz CT molecular complexity index is 54.1. The van der Waals surface area contributed by atoms with Gasteiger partial charge in [0.2, 0.25) is 0 Å². The molecule has 0 bridgehead atoms. The third-order valence-electron chi connectivity index (χ3n) is 1.38. The summed E-state index contributed by atoms with van der Waals surface area (Å²) in [6, 6.07) is 0.403. The zero-order valence-corrected chi connectivity index (χ0v) is 7.93. The van der Waals surface area contributed by atoms with Gasteiger partial charge in [0.1, 0.15) is 0 Å². The van der Waals surface area contributed by atoms with Gasteiger partial charge in [-0.1, -0.05) is 13.8 Å². The molecule has 4 N–H and O–H groups in total. The van der Waals surface area contributed by atoms with Crippen molar-refractivity contribution in [2.24, 2.45) is 5.73 Å². The topological polar surface area (TPSA) is 58.3 Å². The minimum absolute atomic E-state index is 0.306. The van der Waals surface area contributed by atoms with Crippen LogP contribution < -0.4 is 11.1 Å². The molecule has 0 amide bonds. The molecule has 1 atom stereocenters. The van der Waals surface area contributed by atoms with Crippen LogP contribution in [0.3, 0.4) is 0 Å². The first-order chi connectivity index (χ1) is 5.43. The lowest BCUT2D eigenvalue weighted by Gasteiger charge is -2.01. The predicted molar refractivity (Wildman–Crippen MR) is 49.6 cm³/mol. The first-order valence-electron chi connectivity index (χ1n) is 4.35. The molecule has 1 heterocycles. The van der Waals surface area contributed by atoms with E-state index in [0.717, 1.165) is 13.0 Å². The number of nitrogens with one attached hydrogen (secondary N) is 1. The fourth-order valence-electron chi connectivity index (χ4n) is 0.913. The Morgan fingerprint density at radius 3 is 2.18 bits per heavy atom. The van der Waals surface area contributed by atoms with Crippen molar-refractivity contribution < 1.29 is 5.11 Å². The molecule has 1 aliphatic heterocycles. The van der Waals surface area contributed by atoms with Crippen LogP contribution in [0.5, 0.6) is 0 Å². The highest BCUT2D eigenvalue weighted by Gasteiger charge is 2.10. The van der Waals surface area contributed by atoms with Gasteiger partial charge in [-0.05, 0) is 26.4 Å². The Hall–Kier alpha value is -0.120. The van der Waals surface area contributed by atoms with Gasteiger partial charge < -0.3 is 16.2 Å². The highest BCUT2D eigenvalue weighted by Crippen LogP contribution is 2.02. The third kappa shape index (κ3) is 7.78. The van der Waals surface area contributed by atoms with Crippen molar-refractivity contribution in [3.05, 3.63) is 0 Å². The van der Waals surface area contributed by atoms with Gasteiger partial charge in [0, 0.05) is 6.04 Å². The van der Waals surface area contributed by atoms with Crippen molar-refractivity contribution in [1.82, 2.24) is 5.32 Å². The third-order valence-corrected chi connectivity index (χ3v) is 1.38. The predicted octanol–water partition coefficient (Wildman–Crippen LogP) is 0.332. The number of rotatable bonds is 1. The van der Waals surface area contributed by atoms with Crippen molar-refractivity contribution in [2.75, 3.05) is 20.2 Å². The van der Waals surface area contributed by atoms with Crippen LogP contribution in [0.2, 0.25) is 0 Å². The fraction of sp³-hybridized carbons (Fsp3) is 1.00. The summed E-state index contributed by atoms with van der Waals surface area (Å²) in [7, 11) is 1.50. The Labute approximate surface area is 70.0 Å². The van der Waals surface area contributed by atoms with Gasteiger partial charge in [-0.15, -0.1) is 0 Å². The van der Waals surface area contributed by atoms with Gasteiger partial charge in [-0.3, -0.25) is 0 Å². The van der Waals surface area contributed by atoms with Gasteiger partial charge in [0.15, 0.2) is 0 Å². The monoisotopic (exact) mass is 162 g/mol. The van der Waals surface area contributed by atoms with E-state index in [2.05, 4.69) is 11.1 Å². The fourth-order valence-corrected chi connectivity index (χ4v) is 0.913. The molecule has 0 aromatic rings. The van der Waals surface area contributed by atoms with Crippen LogP contribution >= 0.6 is 0 Å². The standard InChI is InChI=1S/C5H11NO.C2H6.CH5N/c7-4-5-2-1-3-6-5;2*1-2/h5-7H,1-4H2;1-2H3;2H2,1H3/t5-;;/m0../s1. The molecule has 0 radical (unpaired) electrons. The van der Waals surface area contributed by atoms with Crippen molar-refractivity contribution in [3.63, 3.8) is 0 Å². The van der Waals surface area contributed by atoms with Crippen LogP contribution in [-0.4, -0.2) is 31.3 Å². The largest absolute Gasteiger partial charge is 0.395 e. The molecule has 0 saturated carbocycles. The Kier molecular flexibility index (Phi) is 15.4. The molecule has 0 unspecified atom stereocenters. The van der Waals surface area contributed by atoms with Crippen molar-refractivity contribution >= 4 is 0 Å². The molecule has 1 rings (SSSR count). The number of aliphatic hydroxyl groups excluding tert-OH is 1. The molecule has 3 heteroatoms. The lowest BCUT2D eigenvalue weighted by Crippen LogP contribution is -2.24. The molecule has 0 aliphatic carbocycles. The Balaban J connectivity index is 0. The van der Waals surface area contributed by atoms with Crippen LogP contribution in [0.1, 0.15) is 26.7 Å². The minimum Gasteiger partial charge on any atom is -0.395 e. The summed E-state index contributed by atoms with van der Waals surface area (Å²) in [6.45, 7) is 5.39. The highest BCUT2D eigenvalue weighted by molar-refractivity contribution is 4.71. The highest BCUT2D eigenvalue weighted by atomic mass is 16.3. The molecule has 1 fully saturated rings. The van der Waals surface area contributed by atoms with Gasteiger partial charge in [0.25, 0.3) is 0 Å². The van der Waals surface area contributed by atoms with Crippen LogP contribution in [-0.2, 0) is 0 Å². The zero-order chi connectivity index (χ0) is 9.11. The van der Waals surface area contributed by atoms with E-state index in [-0.39, 0.29) is 0 Å². The molecule has 70 valence electrons. The van der Waals surface area contributed by atoms with Crippen molar-refractivity contribution in [2.45, 2.75) is 32.7 Å². The summed E-state index contributed by atoms with van der Waals surface area (Å²) < 4.78 is 0. The number of aliphatic hydroxyl groups is 1. The summed E-state index contributed by atoms with van der Waals surface area (Å²) in [5.74, 6) is 0. The molecular formula is C8H22N2O. The zero-order valence-electron chi connectivity index (χ0n) is 7.93. The van der Waals surface area contributed by atoms with Gasteiger partial charge in [0.05, 0.1) is 6.61 Å². The lowest BCUT2D eigenvalue weighted by molar-refractivity contribution is 0.255. The molecular weight excluding hydrogens is 140 g/mol. The summed E-state index contributed by atoms with van der Waals surface area (Å²) >= 11 is 0. The first kappa shape index (κ1) is 13.5. The number of nitrogens with two attached hydrogens (primary N) is 1. The maximum Gasteiger partial charge on any atom is 0.0584 e. The van der Waals surface area contributed by atoms with E-state index in [9.17, 15) is 0 Å². The second-order valence-electron chi connectivity index (χ2n) is 1.98. The van der Waals surface area contributed by atoms with Crippen LogP contribution in [0, 0.1) is 0 Å². The van der Waals surface area contributed by atoms with E-state index in [1.54, 1.807) is 0 Å². The van der Waals surface area contributed by atoms with Crippen molar-refractivity contribution in [3.8, 4) is 0 Å². The van der Waals surface area contributed by atoms with Crippen LogP contribution in [0.4, 0.5) is 0 Å². The summed E-state index contributed by atoms with van der Waals surface area (Å²) in [4.78, 5) is 0. The summed E-state index contributed by atoms with van der Waals surface area (Å²) in [6.07, 6.45) is 2.38. The average molecular weight is 162 g/mol. The maximum absolute atomic E-state index is 8.50. The molecule has 1 aliphatic rings. The maximum atomic E-state index is 8.50. The molecule has 11 heavy (non-hydrogen) atoms. The molecule has 3 nitrogen and oxygen atoms in total. The van der Waals surface area contributed by atoms with Crippen molar-refractivity contribution in [1.29, 1.82) is 0 Å². The Morgan fingerprint density at radius 2 is 2.00 bits per heavy atom. The second kappa shape index (κ2) is 12.5. The first-order valence-corrected chi connectivity index (χ1v) is 4.35. The van der Waals surface area contributed by atoms with E-state index < -0.39 is 0 Å². The van der Waals surface area contributed by atoms with E-state index >= 15 is 0 Å². The van der Waals surface area contributed by atoms with Gasteiger partial charge >= 0.3 is 0 Å². The normalized spacial score (nSPS) is 21.0. The lowest BCUT2D eigenvalue weighted by atomic mass is 10.2. The van der Waals surface area contributed by atoms with E-state index in [4.69, 9.17) is 5.11 Å². The Morgan fingerprint density at radius 1 is 1.45 bits per heavy atom. The summed E-state index contributed by atoms with van der Waals surface area (Å²) in [5, 5.41) is 11.7. The van der Waals surface area contributed by atoms with E-state index in [1.807, 2.05) is 13.8 Å². The van der Waals surface area contributed by atoms with E-state index in [1.165, 1.54) is 13.5 Å². The quantitative estimate of drug-likeness (QED) is 0.521. The van der Waals surface area contributed by atoms with Crippen LogP contribution in [0.25, 0.3) is 0 Å². The molecule has 1 saturated heterocycles. The van der Waals surface area contributed by atoms with Gasteiger partial charge in [-0.25, -0.2) is 0 Å². The second-order valence-corrected chi connectivity index (χ2v) is 1.98. The summed E-state index contributed by atoms with van der Waals surface area (Å²) in [5.41, 5.74) is 4.50. The molecule has 0 aromatic carbocycles. The number of hydrogen-bond acceptors (Lipinski definition) is 3. The van der Waals surface area contributed by atoms with Crippen LogP contribution in [0.15, 0.2) is 0 Å². The average Bonchev–Trinajstić information content (AvgIpc) is 2.63. The number of hydrogen-bond donors (Lipinski definition) is 3. The van der Waals surface area contributed by atoms with E-state index in [0.29, 0.717) is 12.6 Å².